The van der Waals surface area contributed by atoms with Gasteiger partial charge in [0.15, 0.2) is 0 Å². The second kappa shape index (κ2) is 9.82. The van der Waals surface area contributed by atoms with Crippen molar-refractivity contribution in [3.8, 4) is 5.75 Å². The van der Waals surface area contributed by atoms with Crippen LogP contribution >= 0.6 is 11.6 Å². The Morgan fingerprint density at radius 2 is 1.65 bits per heavy atom. The molecule has 0 aliphatic carbocycles. The highest BCUT2D eigenvalue weighted by Crippen LogP contribution is 2.22. The van der Waals surface area contributed by atoms with Crippen LogP contribution < -0.4 is 10.1 Å². The fraction of sp³-hybridized carbons (Fsp3) is 0.300. The topological polar surface area (TPSA) is 64.6 Å². The van der Waals surface area contributed by atoms with Crippen LogP contribution in [0.4, 0.5) is 0 Å². The summed E-state index contributed by atoms with van der Waals surface area (Å²) in [5, 5.41) is 3.36. The van der Waals surface area contributed by atoms with Crippen molar-refractivity contribution < 1.29 is 19.1 Å². The number of esters is 1. The van der Waals surface area contributed by atoms with Crippen molar-refractivity contribution in [3.05, 3.63) is 64.2 Å². The average Bonchev–Trinajstić information content (AvgIpc) is 2.66. The molecule has 2 aromatic carbocycles. The Hall–Kier alpha value is -2.53. The number of aryl methyl sites for hydroxylation is 1. The predicted octanol–water partition coefficient (Wildman–Crippen LogP) is 3.43. The van der Waals surface area contributed by atoms with Crippen molar-refractivity contribution in [2.45, 2.75) is 19.3 Å². The molecule has 0 aliphatic heterocycles. The largest absolute Gasteiger partial charge is 0.496 e. The molecule has 2 aromatic rings. The number of hydrogen-bond donors (Lipinski definition) is 1. The molecule has 0 saturated carbocycles. The number of rotatable bonds is 8. The first-order valence-corrected chi connectivity index (χ1v) is 8.67. The molecule has 0 spiro atoms. The van der Waals surface area contributed by atoms with Crippen LogP contribution in [0, 0.1) is 0 Å². The number of hydrogen-bond acceptors (Lipinski definition) is 4. The molecule has 0 aromatic heterocycles. The average molecular weight is 376 g/mol. The Bertz CT molecular complexity index is 759. The van der Waals surface area contributed by atoms with Crippen molar-refractivity contribution in [3.63, 3.8) is 0 Å². The summed E-state index contributed by atoms with van der Waals surface area (Å²) in [6.45, 7) is 0.496. The van der Waals surface area contributed by atoms with Gasteiger partial charge in [0, 0.05) is 18.0 Å². The lowest BCUT2D eigenvalue weighted by Crippen LogP contribution is -2.26. The zero-order valence-corrected chi connectivity index (χ0v) is 15.6. The summed E-state index contributed by atoms with van der Waals surface area (Å²) in [4.78, 5) is 23.5. The third-order valence-corrected chi connectivity index (χ3v) is 4.21. The highest BCUT2D eigenvalue weighted by atomic mass is 35.5. The molecule has 0 heterocycles. The second-order valence-electron chi connectivity index (χ2n) is 5.74. The van der Waals surface area contributed by atoms with E-state index in [1.165, 1.54) is 14.2 Å². The lowest BCUT2D eigenvalue weighted by Gasteiger charge is -2.10. The number of amides is 1. The Kier molecular flexibility index (Phi) is 7.48. The van der Waals surface area contributed by atoms with E-state index < -0.39 is 0 Å². The monoisotopic (exact) mass is 375 g/mol. The predicted molar refractivity (Wildman–Crippen MR) is 101 cm³/mol. The molecular weight excluding hydrogens is 354 g/mol. The standard InChI is InChI=1S/C20H22ClNO4/c1-25-18-9-8-16(21)13-17(18)20(24)22-12-11-15-5-3-14(4-6-15)7-10-19(23)26-2/h3-6,8-9,13H,7,10-12H2,1-2H3,(H,22,24). The Balaban J connectivity index is 1.85. The van der Waals surface area contributed by atoms with Crippen LogP contribution in [0.3, 0.4) is 0 Å². The van der Waals surface area contributed by atoms with Gasteiger partial charge in [-0.3, -0.25) is 9.59 Å². The van der Waals surface area contributed by atoms with E-state index in [9.17, 15) is 9.59 Å². The van der Waals surface area contributed by atoms with Gasteiger partial charge in [-0.2, -0.15) is 0 Å². The van der Waals surface area contributed by atoms with Crippen LogP contribution in [0.25, 0.3) is 0 Å². The summed E-state index contributed by atoms with van der Waals surface area (Å²) in [6.07, 6.45) is 1.72. The van der Waals surface area contributed by atoms with Crippen LogP contribution in [-0.4, -0.2) is 32.6 Å². The molecule has 0 unspecified atom stereocenters. The van der Waals surface area contributed by atoms with Gasteiger partial charge in [0.2, 0.25) is 0 Å². The summed E-state index contributed by atoms with van der Waals surface area (Å²) in [6, 6.07) is 12.9. The number of carbonyl (C=O) groups is 2. The molecule has 1 amide bonds. The van der Waals surface area contributed by atoms with Crippen LogP contribution in [0.2, 0.25) is 5.02 Å². The molecule has 6 heteroatoms. The molecule has 0 aliphatic rings. The second-order valence-corrected chi connectivity index (χ2v) is 6.18. The number of methoxy groups -OCH3 is 2. The Morgan fingerprint density at radius 3 is 2.27 bits per heavy atom. The van der Waals surface area contributed by atoms with Crippen molar-refractivity contribution in [2.75, 3.05) is 20.8 Å². The van der Waals surface area contributed by atoms with Gasteiger partial charge in [-0.15, -0.1) is 0 Å². The fourth-order valence-corrected chi connectivity index (χ4v) is 2.67. The molecule has 0 saturated heterocycles. The molecule has 0 fully saturated rings. The van der Waals surface area contributed by atoms with Crippen LogP contribution in [0.15, 0.2) is 42.5 Å². The van der Waals surface area contributed by atoms with Gasteiger partial charge >= 0.3 is 5.97 Å². The highest BCUT2D eigenvalue weighted by Gasteiger charge is 2.12. The first-order valence-electron chi connectivity index (χ1n) is 8.30. The SMILES string of the molecule is COC(=O)CCc1ccc(CCNC(=O)c2cc(Cl)ccc2OC)cc1. The minimum Gasteiger partial charge on any atom is -0.496 e. The van der Waals surface area contributed by atoms with Crippen molar-refractivity contribution in [2.24, 2.45) is 0 Å². The number of ether oxygens (including phenoxy) is 2. The van der Waals surface area contributed by atoms with Gasteiger partial charge in [0.1, 0.15) is 5.75 Å². The quantitative estimate of drug-likeness (QED) is 0.718. The van der Waals surface area contributed by atoms with Crippen molar-refractivity contribution in [1.82, 2.24) is 5.32 Å². The van der Waals surface area contributed by atoms with E-state index in [2.05, 4.69) is 10.1 Å². The van der Waals surface area contributed by atoms with Crippen LogP contribution in [0.5, 0.6) is 5.75 Å². The van der Waals surface area contributed by atoms with E-state index in [1.54, 1.807) is 18.2 Å². The van der Waals surface area contributed by atoms with Gasteiger partial charge in [-0.25, -0.2) is 0 Å². The molecule has 0 bridgehead atoms. The van der Waals surface area contributed by atoms with E-state index in [0.717, 1.165) is 11.1 Å². The maximum atomic E-state index is 12.3. The first kappa shape index (κ1) is 19.8. The molecule has 2 rings (SSSR count). The minimum atomic E-state index is -0.223. The third-order valence-electron chi connectivity index (χ3n) is 3.97. The van der Waals surface area contributed by atoms with Gasteiger partial charge in [-0.1, -0.05) is 35.9 Å². The summed E-state index contributed by atoms with van der Waals surface area (Å²) in [5.41, 5.74) is 2.59. The molecule has 26 heavy (non-hydrogen) atoms. The van der Waals surface area contributed by atoms with Crippen molar-refractivity contribution in [1.29, 1.82) is 0 Å². The van der Waals surface area contributed by atoms with E-state index in [0.29, 0.717) is 42.1 Å². The third kappa shape index (κ3) is 5.77. The smallest absolute Gasteiger partial charge is 0.305 e. The van der Waals surface area contributed by atoms with Crippen LogP contribution in [0.1, 0.15) is 27.9 Å². The van der Waals surface area contributed by atoms with E-state index in [4.69, 9.17) is 16.3 Å². The normalized spacial score (nSPS) is 10.3. The molecule has 138 valence electrons. The van der Waals surface area contributed by atoms with Gasteiger partial charge < -0.3 is 14.8 Å². The van der Waals surface area contributed by atoms with Gasteiger partial charge in [0.25, 0.3) is 5.91 Å². The fourth-order valence-electron chi connectivity index (χ4n) is 2.49. The molecule has 1 N–H and O–H groups in total. The number of nitrogens with one attached hydrogen (secondary N) is 1. The molecule has 5 nitrogen and oxygen atoms in total. The lowest BCUT2D eigenvalue weighted by atomic mass is 10.1. The summed E-state index contributed by atoms with van der Waals surface area (Å²) < 4.78 is 9.83. The van der Waals surface area contributed by atoms with E-state index >= 15 is 0 Å². The maximum Gasteiger partial charge on any atom is 0.305 e. The maximum absolute atomic E-state index is 12.3. The van der Waals surface area contributed by atoms with Gasteiger partial charge in [-0.05, 0) is 42.2 Å². The van der Waals surface area contributed by atoms with Gasteiger partial charge in [0.05, 0.1) is 19.8 Å². The Labute approximate surface area is 158 Å². The zero-order valence-electron chi connectivity index (χ0n) is 14.9. The minimum absolute atomic E-state index is 0.215. The molecule has 0 atom stereocenters. The molecule has 0 radical (unpaired) electrons. The summed E-state index contributed by atoms with van der Waals surface area (Å²) in [5.74, 6) is 0.0501. The van der Waals surface area contributed by atoms with E-state index in [1.807, 2.05) is 24.3 Å². The first-order chi connectivity index (χ1) is 12.5. The Morgan fingerprint density at radius 1 is 1.00 bits per heavy atom. The summed E-state index contributed by atoms with van der Waals surface area (Å²) in [7, 11) is 2.90. The number of benzene rings is 2. The number of halogens is 1. The lowest BCUT2D eigenvalue weighted by molar-refractivity contribution is -0.140. The molecular formula is C20H22ClNO4. The van der Waals surface area contributed by atoms with Crippen LogP contribution in [-0.2, 0) is 22.4 Å². The van der Waals surface area contributed by atoms with Crippen molar-refractivity contribution >= 4 is 23.5 Å². The highest BCUT2D eigenvalue weighted by molar-refractivity contribution is 6.31. The van der Waals surface area contributed by atoms with E-state index in [-0.39, 0.29) is 11.9 Å². The zero-order chi connectivity index (χ0) is 18.9. The summed E-state index contributed by atoms with van der Waals surface area (Å²) >= 11 is 5.95. The number of carbonyl (C=O) groups excluding carboxylic acids is 2.